The molecule has 2 N–H and O–H groups in total. The quantitative estimate of drug-likeness (QED) is 0.655. The number of thiophene rings is 1. The van der Waals surface area contributed by atoms with Crippen LogP contribution in [0, 0.1) is 0 Å². The van der Waals surface area contributed by atoms with E-state index in [9.17, 15) is 14.0 Å². The van der Waals surface area contributed by atoms with Crippen molar-refractivity contribution in [1.29, 1.82) is 0 Å². The predicted octanol–water partition coefficient (Wildman–Crippen LogP) is 3.33. The fourth-order valence-electron chi connectivity index (χ4n) is 2.57. The minimum Gasteiger partial charge on any atom is -0.491 e. The number of nitrogen functional groups attached to an aromatic ring is 1. The van der Waals surface area contributed by atoms with Crippen LogP contribution >= 0.6 is 11.3 Å². The van der Waals surface area contributed by atoms with Gasteiger partial charge < -0.3 is 15.2 Å². The Hall–Kier alpha value is -2.94. The number of nitrogens with zero attached hydrogens (tertiary/aromatic N) is 2. The molecule has 0 spiro atoms. The van der Waals surface area contributed by atoms with E-state index in [0.717, 1.165) is 16.0 Å². The molecule has 0 bridgehead atoms. The topological polar surface area (TPSA) is 96.4 Å². The molecule has 0 aliphatic heterocycles. The molecule has 9 heteroatoms. The van der Waals surface area contributed by atoms with Gasteiger partial charge >= 0.3 is 5.97 Å². The Bertz CT molecular complexity index is 1070. The number of ether oxygens (including phenoxy) is 2. The maximum Gasteiger partial charge on any atom is 0.360 e. The Balaban J connectivity index is 2.13. The minimum absolute atomic E-state index is 0.00947. The van der Waals surface area contributed by atoms with E-state index in [1.54, 1.807) is 50.4 Å². The van der Waals surface area contributed by atoms with Crippen molar-refractivity contribution in [2.75, 3.05) is 19.0 Å². The van der Waals surface area contributed by atoms with Crippen molar-refractivity contribution < 1.29 is 18.7 Å². The lowest BCUT2D eigenvalue weighted by molar-refractivity contribution is 0.00634. The van der Waals surface area contributed by atoms with E-state index in [4.69, 9.17) is 15.2 Å². The largest absolute Gasteiger partial charge is 0.491 e. The Labute approximate surface area is 164 Å². The van der Waals surface area contributed by atoms with Crippen molar-refractivity contribution in [2.24, 2.45) is 0 Å². The zero-order chi connectivity index (χ0) is 20.5. The zero-order valence-corrected chi connectivity index (χ0v) is 16.5. The van der Waals surface area contributed by atoms with Crippen LogP contribution in [0.5, 0.6) is 5.75 Å². The number of aromatic nitrogens is 2. The summed E-state index contributed by atoms with van der Waals surface area (Å²) in [5.74, 6) is -0.190. The summed E-state index contributed by atoms with van der Waals surface area (Å²) in [4.78, 5) is 25.6. The van der Waals surface area contributed by atoms with E-state index in [1.165, 1.54) is 0 Å². The van der Waals surface area contributed by atoms with Gasteiger partial charge in [-0.05, 0) is 45.0 Å². The maximum absolute atomic E-state index is 12.9. The first-order valence-corrected chi connectivity index (χ1v) is 9.42. The lowest BCUT2D eigenvalue weighted by atomic mass is 10.2. The summed E-state index contributed by atoms with van der Waals surface area (Å²) in [6, 6.07) is 6.37. The van der Waals surface area contributed by atoms with Crippen LogP contribution in [0.25, 0.3) is 16.5 Å². The van der Waals surface area contributed by atoms with E-state index >= 15 is 0 Å². The molecule has 0 amide bonds. The Kier molecular flexibility index (Phi) is 5.37. The molecule has 1 aromatic carbocycles. The molecule has 0 saturated carbocycles. The highest BCUT2D eigenvalue weighted by molar-refractivity contribution is 7.15. The first-order valence-electron chi connectivity index (χ1n) is 8.54. The van der Waals surface area contributed by atoms with Gasteiger partial charge in [0.25, 0.3) is 5.56 Å². The van der Waals surface area contributed by atoms with Crippen LogP contribution in [0.3, 0.4) is 0 Å². The SMILES string of the molecule is CC(C)(C)OC(=O)c1nn(-c2ccc(OCC[18F])cc2)c(=O)c2c(N)scc12. The number of benzene rings is 1. The lowest BCUT2D eigenvalue weighted by Gasteiger charge is -2.19. The summed E-state index contributed by atoms with van der Waals surface area (Å²) >= 11 is 1.16. The second-order valence-electron chi connectivity index (χ2n) is 6.99. The van der Waals surface area contributed by atoms with Crippen LogP contribution in [0.15, 0.2) is 34.4 Å². The summed E-state index contributed by atoms with van der Waals surface area (Å²) in [6.07, 6.45) is 0. The molecule has 0 radical (unpaired) electrons. The van der Waals surface area contributed by atoms with Gasteiger partial charge in [0.05, 0.1) is 16.1 Å². The number of hydrogen-bond donors (Lipinski definition) is 1. The molecule has 3 aromatic rings. The molecular formula is C19H20FN3O4S. The van der Waals surface area contributed by atoms with Gasteiger partial charge in [-0.1, -0.05) is 0 Å². The van der Waals surface area contributed by atoms with Crippen molar-refractivity contribution in [3.8, 4) is 11.4 Å². The summed E-state index contributed by atoms with van der Waals surface area (Å²) < 4.78 is 24.0. The highest BCUT2D eigenvalue weighted by Crippen LogP contribution is 2.28. The number of nitrogens with two attached hydrogens (primary N) is 1. The van der Waals surface area contributed by atoms with Crippen molar-refractivity contribution >= 4 is 33.1 Å². The highest BCUT2D eigenvalue weighted by Gasteiger charge is 2.25. The van der Waals surface area contributed by atoms with Gasteiger partial charge in [-0.25, -0.2) is 9.18 Å². The number of alkyl halides is 1. The van der Waals surface area contributed by atoms with Gasteiger partial charge in [-0.15, -0.1) is 11.3 Å². The van der Waals surface area contributed by atoms with Crippen molar-refractivity contribution in [3.63, 3.8) is 0 Å². The number of hydrogen-bond acceptors (Lipinski definition) is 7. The molecular weight excluding hydrogens is 384 g/mol. The van der Waals surface area contributed by atoms with E-state index in [2.05, 4.69) is 5.10 Å². The molecule has 148 valence electrons. The van der Waals surface area contributed by atoms with E-state index in [0.29, 0.717) is 21.8 Å². The number of rotatable bonds is 5. The zero-order valence-electron chi connectivity index (χ0n) is 15.7. The second kappa shape index (κ2) is 7.59. The molecule has 28 heavy (non-hydrogen) atoms. The lowest BCUT2D eigenvalue weighted by Crippen LogP contribution is -2.28. The number of esters is 1. The van der Waals surface area contributed by atoms with Gasteiger partial charge in [-0.2, -0.15) is 9.78 Å². The van der Waals surface area contributed by atoms with E-state index in [-0.39, 0.29) is 17.7 Å². The Morgan fingerprint density at radius 2 is 1.96 bits per heavy atom. The minimum atomic E-state index is -0.719. The van der Waals surface area contributed by atoms with E-state index in [1.807, 2.05) is 0 Å². The van der Waals surface area contributed by atoms with Crippen LogP contribution in [-0.4, -0.2) is 34.6 Å². The summed E-state index contributed by atoms with van der Waals surface area (Å²) in [6.45, 7) is 4.58. The molecule has 0 atom stereocenters. The number of fused-ring (bicyclic) bond motifs is 1. The first kappa shape index (κ1) is 19.8. The first-order chi connectivity index (χ1) is 13.2. The molecule has 0 aliphatic rings. The van der Waals surface area contributed by atoms with Crippen molar-refractivity contribution in [3.05, 3.63) is 45.7 Å². The normalized spacial score (nSPS) is 11.6. The third kappa shape index (κ3) is 3.99. The fourth-order valence-corrected chi connectivity index (χ4v) is 3.35. The molecule has 0 saturated heterocycles. The maximum atomic E-state index is 12.9. The number of halogens is 1. The van der Waals surface area contributed by atoms with Gasteiger partial charge in [0.1, 0.15) is 24.6 Å². The second-order valence-corrected chi connectivity index (χ2v) is 7.90. The molecule has 0 fully saturated rings. The van der Waals surface area contributed by atoms with Crippen LogP contribution in [0.1, 0.15) is 31.3 Å². The van der Waals surface area contributed by atoms with Crippen molar-refractivity contribution in [2.45, 2.75) is 26.4 Å². The molecule has 0 aliphatic carbocycles. The monoisotopic (exact) mass is 404 g/mol. The fraction of sp³-hybridized carbons (Fsp3) is 0.316. The number of anilines is 1. The summed E-state index contributed by atoms with van der Waals surface area (Å²) in [5, 5.41) is 6.74. The summed E-state index contributed by atoms with van der Waals surface area (Å²) in [7, 11) is 0. The average Bonchev–Trinajstić information content (AvgIpc) is 3.01. The molecule has 2 aromatic heterocycles. The number of carbonyl (C=O) groups is 1. The summed E-state index contributed by atoms with van der Waals surface area (Å²) in [5.41, 5.74) is 5.23. The van der Waals surface area contributed by atoms with Gasteiger partial charge in [0.2, 0.25) is 0 Å². The Morgan fingerprint density at radius 3 is 2.57 bits per heavy atom. The smallest absolute Gasteiger partial charge is 0.360 e. The molecule has 0 unspecified atom stereocenters. The van der Waals surface area contributed by atoms with Crippen molar-refractivity contribution in [1.82, 2.24) is 9.78 Å². The molecule has 2 heterocycles. The third-order valence-electron chi connectivity index (χ3n) is 3.70. The van der Waals surface area contributed by atoms with E-state index < -0.39 is 23.8 Å². The Morgan fingerprint density at radius 1 is 1.29 bits per heavy atom. The predicted molar refractivity (Wildman–Crippen MR) is 106 cm³/mol. The standard InChI is InChI=1S/C19H20FN3O4S/c1-19(2,3)27-18(25)15-13-10-28-16(21)14(13)17(24)23(22-15)11-4-6-12(7-5-11)26-9-8-20/h4-7,10H,8-9,21H2,1-3H3/i20-1. The molecule has 3 rings (SSSR count). The van der Waals surface area contributed by atoms with Crippen LogP contribution in [0.4, 0.5) is 9.39 Å². The average molecular weight is 404 g/mol. The highest BCUT2D eigenvalue weighted by atomic mass is 32.1. The van der Waals surface area contributed by atoms with Crippen LogP contribution in [-0.2, 0) is 4.74 Å². The van der Waals surface area contributed by atoms with Crippen LogP contribution < -0.4 is 16.0 Å². The number of carbonyl (C=O) groups excluding carboxylic acids is 1. The van der Waals surface area contributed by atoms with Gasteiger partial charge in [-0.3, -0.25) is 4.79 Å². The van der Waals surface area contributed by atoms with Gasteiger partial charge in [0, 0.05) is 10.8 Å². The van der Waals surface area contributed by atoms with Gasteiger partial charge in [0.15, 0.2) is 5.69 Å². The third-order valence-corrected chi connectivity index (χ3v) is 4.51. The van der Waals surface area contributed by atoms with Crippen LogP contribution in [0.2, 0.25) is 0 Å². The molecule has 7 nitrogen and oxygen atoms in total.